The highest BCUT2D eigenvalue weighted by molar-refractivity contribution is 7.09. The van der Waals surface area contributed by atoms with Crippen molar-refractivity contribution in [1.82, 2.24) is 20.4 Å². The zero-order chi connectivity index (χ0) is 13.8. The molecule has 0 aliphatic carbocycles. The number of rotatable bonds is 5. The second kappa shape index (κ2) is 6.45. The Labute approximate surface area is 122 Å². The first-order chi connectivity index (χ1) is 9.79. The Kier molecular flexibility index (Phi) is 4.42. The van der Waals surface area contributed by atoms with Crippen molar-refractivity contribution < 1.29 is 4.52 Å². The summed E-state index contributed by atoms with van der Waals surface area (Å²) in [6.45, 7) is 4.29. The van der Waals surface area contributed by atoms with E-state index in [-0.39, 0.29) is 0 Å². The van der Waals surface area contributed by atoms with Crippen molar-refractivity contribution in [1.29, 1.82) is 0 Å². The standard InChI is InChI=1S/C14H20N4OS/c1-10-16-12(9-20-10)7-13-17-14(19-18-13)5-4-11-3-2-6-15-8-11/h9,11,15H,2-8H2,1H3. The topological polar surface area (TPSA) is 63.8 Å². The van der Waals surface area contributed by atoms with Crippen molar-refractivity contribution in [2.24, 2.45) is 5.92 Å². The zero-order valence-electron chi connectivity index (χ0n) is 11.8. The molecule has 0 radical (unpaired) electrons. The van der Waals surface area contributed by atoms with Gasteiger partial charge in [-0.2, -0.15) is 4.98 Å². The molecule has 1 aliphatic rings. The van der Waals surface area contributed by atoms with Crippen LogP contribution in [0.15, 0.2) is 9.90 Å². The van der Waals surface area contributed by atoms with Gasteiger partial charge in [-0.15, -0.1) is 11.3 Å². The summed E-state index contributed by atoms with van der Waals surface area (Å²) in [4.78, 5) is 8.89. The third kappa shape index (κ3) is 3.64. The number of aromatic nitrogens is 3. The van der Waals surface area contributed by atoms with Gasteiger partial charge in [0.25, 0.3) is 0 Å². The summed E-state index contributed by atoms with van der Waals surface area (Å²) in [7, 11) is 0. The molecule has 1 aliphatic heterocycles. The van der Waals surface area contributed by atoms with Crippen LogP contribution in [0.5, 0.6) is 0 Å². The Bertz CT molecular complexity index is 545. The summed E-state index contributed by atoms with van der Waals surface area (Å²) < 4.78 is 5.33. The lowest BCUT2D eigenvalue weighted by atomic mass is 9.95. The molecule has 1 saturated heterocycles. The van der Waals surface area contributed by atoms with Gasteiger partial charge in [-0.05, 0) is 45.2 Å². The molecule has 1 N–H and O–H groups in total. The average molecular weight is 292 g/mol. The van der Waals surface area contributed by atoms with Gasteiger partial charge in [-0.1, -0.05) is 5.16 Å². The average Bonchev–Trinajstić information content (AvgIpc) is 3.08. The van der Waals surface area contributed by atoms with Gasteiger partial charge >= 0.3 is 0 Å². The molecule has 108 valence electrons. The monoisotopic (exact) mass is 292 g/mol. The summed E-state index contributed by atoms with van der Waals surface area (Å²) in [6, 6.07) is 0. The van der Waals surface area contributed by atoms with Crippen LogP contribution in [-0.4, -0.2) is 28.2 Å². The molecule has 0 amide bonds. The highest BCUT2D eigenvalue weighted by Gasteiger charge is 2.15. The Morgan fingerprint density at radius 2 is 2.40 bits per heavy atom. The smallest absolute Gasteiger partial charge is 0.226 e. The molecule has 0 aromatic carbocycles. The van der Waals surface area contributed by atoms with Gasteiger partial charge in [0.15, 0.2) is 5.82 Å². The van der Waals surface area contributed by atoms with Crippen molar-refractivity contribution in [3.63, 3.8) is 0 Å². The minimum Gasteiger partial charge on any atom is -0.339 e. The van der Waals surface area contributed by atoms with Crippen LogP contribution in [0.3, 0.4) is 0 Å². The van der Waals surface area contributed by atoms with E-state index >= 15 is 0 Å². The quantitative estimate of drug-likeness (QED) is 0.916. The molecule has 3 heterocycles. The molecule has 2 aromatic rings. The van der Waals surface area contributed by atoms with Gasteiger partial charge in [0.1, 0.15) is 0 Å². The lowest BCUT2D eigenvalue weighted by molar-refractivity contribution is 0.326. The number of piperidine rings is 1. The molecular formula is C14H20N4OS. The molecular weight excluding hydrogens is 272 g/mol. The Morgan fingerprint density at radius 3 is 3.15 bits per heavy atom. The van der Waals surface area contributed by atoms with Crippen LogP contribution < -0.4 is 5.32 Å². The van der Waals surface area contributed by atoms with Gasteiger partial charge in [0, 0.05) is 11.8 Å². The van der Waals surface area contributed by atoms with E-state index < -0.39 is 0 Å². The molecule has 1 fully saturated rings. The maximum Gasteiger partial charge on any atom is 0.226 e. The predicted octanol–water partition coefficient (Wildman–Crippen LogP) is 2.36. The molecule has 0 saturated carbocycles. The molecule has 1 atom stereocenters. The van der Waals surface area contributed by atoms with Crippen LogP contribution >= 0.6 is 11.3 Å². The van der Waals surface area contributed by atoms with Crippen LogP contribution in [0.2, 0.25) is 0 Å². The van der Waals surface area contributed by atoms with Crippen LogP contribution in [0.4, 0.5) is 0 Å². The Hall–Kier alpha value is -1.27. The summed E-state index contributed by atoms with van der Waals surface area (Å²) in [5, 5.41) is 10.6. The van der Waals surface area contributed by atoms with E-state index in [9.17, 15) is 0 Å². The van der Waals surface area contributed by atoms with E-state index in [0.717, 1.165) is 54.3 Å². The highest BCUT2D eigenvalue weighted by atomic mass is 32.1. The van der Waals surface area contributed by atoms with E-state index in [0.29, 0.717) is 6.42 Å². The highest BCUT2D eigenvalue weighted by Crippen LogP contribution is 2.17. The summed E-state index contributed by atoms with van der Waals surface area (Å²) in [6.07, 6.45) is 5.27. The fourth-order valence-corrected chi connectivity index (χ4v) is 3.23. The molecule has 0 bridgehead atoms. The minimum atomic E-state index is 0.666. The zero-order valence-corrected chi connectivity index (χ0v) is 12.6. The van der Waals surface area contributed by atoms with E-state index in [1.54, 1.807) is 11.3 Å². The number of aryl methyl sites for hydroxylation is 2. The van der Waals surface area contributed by atoms with Crippen LogP contribution in [0, 0.1) is 12.8 Å². The molecule has 3 rings (SSSR count). The first-order valence-electron chi connectivity index (χ1n) is 7.23. The second-order valence-electron chi connectivity index (χ2n) is 5.39. The minimum absolute atomic E-state index is 0.666. The first-order valence-corrected chi connectivity index (χ1v) is 8.11. The second-order valence-corrected chi connectivity index (χ2v) is 6.45. The van der Waals surface area contributed by atoms with Gasteiger partial charge in [-0.25, -0.2) is 4.98 Å². The summed E-state index contributed by atoms with van der Waals surface area (Å²) >= 11 is 1.66. The first kappa shape index (κ1) is 13.7. The Balaban J connectivity index is 1.51. The van der Waals surface area contributed by atoms with E-state index in [1.165, 1.54) is 12.8 Å². The lowest BCUT2D eigenvalue weighted by Crippen LogP contribution is -2.29. The van der Waals surface area contributed by atoms with Crippen LogP contribution in [-0.2, 0) is 12.8 Å². The van der Waals surface area contributed by atoms with E-state index in [1.807, 2.05) is 6.92 Å². The van der Waals surface area contributed by atoms with Crippen LogP contribution in [0.25, 0.3) is 0 Å². The maximum atomic E-state index is 5.33. The number of hydrogen-bond acceptors (Lipinski definition) is 6. The SMILES string of the molecule is Cc1nc(Cc2noc(CCC3CCCNC3)n2)cs1. The van der Waals surface area contributed by atoms with Gasteiger partial charge < -0.3 is 9.84 Å². The molecule has 20 heavy (non-hydrogen) atoms. The third-order valence-corrected chi connectivity index (χ3v) is 4.50. The number of thiazole rings is 1. The predicted molar refractivity (Wildman–Crippen MR) is 77.9 cm³/mol. The number of nitrogens with zero attached hydrogens (tertiary/aromatic N) is 3. The van der Waals surface area contributed by atoms with Crippen LogP contribution in [0.1, 0.15) is 41.7 Å². The van der Waals surface area contributed by atoms with Crippen molar-refractivity contribution in [3.8, 4) is 0 Å². The summed E-state index contributed by atoms with van der Waals surface area (Å²) in [5.41, 5.74) is 1.02. The van der Waals surface area contributed by atoms with Gasteiger partial charge in [-0.3, -0.25) is 0 Å². The fraction of sp³-hybridized carbons (Fsp3) is 0.643. The number of hydrogen-bond donors (Lipinski definition) is 1. The molecule has 1 unspecified atom stereocenters. The van der Waals surface area contributed by atoms with Crippen molar-refractivity contribution in [3.05, 3.63) is 27.8 Å². The van der Waals surface area contributed by atoms with E-state index in [2.05, 4.69) is 25.8 Å². The number of nitrogens with one attached hydrogen (secondary N) is 1. The molecule has 5 nitrogen and oxygen atoms in total. The molecule has 6 heteroatoms. The fourth-order valence-electron chi connectivity index (χ4n) is 2.61. The molecule has 2 aromatic heterocycles. The lowest BCUT2D eigenvalue weighted by Gasteiger charge is -2.21. The van der Waals surface area contributed by atoms with Crippen molar-refractivity contribution in [2.45, 2.75) is 39.0 Å². The van der Waals surface area contributed by atoms with Gasteiger partial charge in [0.05, 0.1) is 17.1 Å². The van der Waals surface area contributed by atoms with Crippen molar-refractivity contribution >= 4 is 11.3 Å². The largest absolute Gasteiger partial charge is 0.339 e. The maximum absolute atomic E-state index is 5.33. The molecule has 0 spiro atoms. The third-order valence-electron chi connectivity index (χ3n) is 3.68. The van der Waals surface area contributed by atoms with E-state index in [4.69, 9.17) is 4.52 Å². The normalized spacial score (nSPS) is 19.4. The Morgan fingerprint density at radius 1 is 1.45 bits per heavy atom. The summed E-state index contributed by atoms with van der Waals surface area (Å²) in [5.74, 6) is 2.25. The van der Waals surface area contributed by atoms with Gasteiger partial charge in [0.2, 0.25) is 5.89 Å². The van der Waals surface area contributed by atoms with Crippen molar-refractivity contribution in [2.75, 3.05) is 13.1 Å².